The van der Waals surface area contributed by atoms with Crippen LogP contribution in [-0.4, -0.2) is 26.4 Å². The van der Waals surface area contributed by atoms with Gasteiger partial charge in [0.15, 0.2) is 0 Å². The minimum atomic E-state index is -0.627. The van der Waals surface area contributed by atoms with Crippen molar-refractivity contribution in [3.63, 3.8) is 0 Å². The highest BCUT2D eigenvalue weighted by atomic mass is 16.6. The summed E-state index contributed by atoms with van der Waals surface area (Å²) in [5.41, 5.74) is -0.493. The number of anilines is 1. The quantitative estimate of drug-likeness (QED) is 0.614. The van der Waals surface area contributed by atoms with Crippen LogP contribution < -0.4 is 5.32 Å². The van der Waals surface area contributed by atoms with Gasteiger partial charge < -0.3 is 10.3 Å². The van der Waals surface area contributed by atoms with Crippen LogP contribution in [0, 0.1) is 21.4 Å². The van der Waals surface area contributed by atoms with Crippen molar-refractivity contribution in [1.29, 1.82) is 5.26 Å². The molecule has 8 heteroatoms. The molecule has 0 amide bonds. The number of hydrogen-bond donors (Lipinski definition) is 2. The van der Waals surface area contributed by atoms with Crippen LogP contribution in [0.2, 0.25) is 0 Å². The fourth-order valence-electron chi connectivity index (χ4n) is 1.52. The van der Waals surface area contributed by atoms with Crippen molar-refractivity contribution in [3.8, 4) is 6.07 Å². The van der Waals surface area contributed by atoms with E-state index in [1.807, 2.05) is 0 Å². The van der Waals surface area contributed by atoms with E-state index in [1.165, 1.54) is 12.1 Å². The Morgan fingerprint density at radius 1 is 1.53 bits per heavy atom. The van der Waals surface area contributed by atoms with Gasteiger partial charge in [-0.3, -0.25) is 10.1 Å². The summed E-state index contributed by atoms with van der Waals surface area (Å²) in [6.45, 7) is 0.559. The van der Waals surface area contributed by atoms with E-state index in [4.69, 9.17) is 5.26 Å². The highest BCUT2D eigenvalue weighted by molar-refractivity contribution is 5.50. The number of nitrogens with one attached hydrogen (secondary N) is 2. The molecule has 0 aliphatic carbocycles. The van der Waals surface area contributed by atoms with Gasteiger partial charge in [-0.1, -0.05) is 0 Å². The van der Waals surface area contributed by atoms with Crippen molar-refractivity contribution in [1.82, 2.24) is 15.0 Å². The Labute approximate surface area is 108 Å². The second-order valence-corrected chi connectivity index (χ2v) is 3.65. The van der Waals surface area contributed by atoms with Crippen molar-refractivity contribution in [3.05, 3.63) is 46.2 Å². The van der Waals surface area contributed by atoms with Gasteiger partial charge in [0.2, 0.25) is 5.69 Å². The molecule has 2 heterocycles. The third-order valence-corrected chi connectivity index (χ3v) is 2.40. The van der Waals surface area contributed by atoms with E-state index in [2.05, 4.69) is 20.3 Å². The van der Waals surface area contributed by atoms with Crippen molar-refractivity contribution in [2.45, 2.75) is 6.42 Å². The molecule has 8 nitrogen and oxygen atoms in total. The largest absolute Gasteiger partial charge is 0.370 e. The maximum Gasteiger partial charge on any atom is 0.305 e. The predicted octanol–water partition coefficient (Wildman–Crippen LogP) is 1.24. The van der Waals surface area contributed by atoms with Gasteiger partial charge >= 0.3 is 5.69 Å². The summed E-state index contributed by atoms with van der Waals surface area (Å²) in [4.78, 5) is 20.9. The van der Waals surface area contributed by atoms with Gasteiger partial charge in [-0.2, -0.15) is 5.26 Å². The number of H-pyrrole nitrogens is 1. The summed E-state index contributed by atoms with van der Waals surface area (Å²) in [6, 6.07) is 4.45. The number of nitro groups is 1. The topological polar surface area (TPSA) is 121 Å². The predicted molar refractivity (Wildman–Crippen MR) is 66.4 cm³/mol. The van der Waals surface area contributed by atoms with E-state index in [0.29, 0.717) is 18.8 Å². The Morgan fingerprint density at radius 3 is 3.00 bits per heavy atom. The molecule has 96 valence electrons. The molecule has 0 saturated heterocycles. The standard InChI is InChI=1S/C11H10N6O2/c12-7-8-9(17(18)19)1-2-11(16-8)13-4-3-10-14-5-6-15-10/h1-2,5-6H,3-4H2,(H,13,16)(H,14,15). The number of pyridine rings is 1. The van der Waals surface area contributed by atoms with Crippen LogP contribution in [0.4, 0.5) is 11.5 Å². The number of imidazole rings is 1. The van der Waals surface area contributed by atoms with E-state index in [-0.39, 0.29) is 11.4 Å². The maximum atomic E-state index is 10.6. The summed E-state index contributed by atoms with van der Waals surface area (Å²) in [6.07, 6.45) is 4.05. The van der Waals surface area contributed by atoms with E-state index in [9.17, 15) is 10.1 Å². The fourth-order valence-corrected chi connectivity index (χ4v) is 1.52. The smallest absolute Gasteiger partial charge is 0.305 e. The summed E-state index contributed by atoms with van der Waals surface area (Å²) in [5.74, 6) is 1.25. The lowest BCUT2D eigenvalue weighted by atomic mass is 10.3. The number of rotatable bonds is 5. The summed E-state index contributed by atoms with van der Waals surface area (Å²) >= 11 is 0. The second kappa shape index (κ2) is 5.59. The highest BCUT2D eigenvalue weighted by Gasteiger charge is 2.15. The summed E-state index contributed by atoms with van der Waals surface area (Å²) in [7, 11) is 0. The van der Waals surface area contributed by atoms with Crippen LogP contribution in [0.15, 0.2) is 24.5 Å². The van der Waals surface area contributed by atoms with Crippen LogP contribution in [0.1, 0.15) is 11.5 Å². The van der Waals surface area contributed by atoms with Gasteiger partial charge in [0.1, 0.15) is 17.7 Å². The number of nitrogens with zero attached hydrogens (tertiary/aromatic N) is 4. The number of nitriles is 1. The van der Waals surface area contributed by atoms with Gasteiger partial charge in [-0.25, -0.2) is 9.97 Å². The molecule has 0 aliphatic heterocycles. The molecular formula is C11H10N6O2. The molecule has 0 radical (unpaired) electrons. The van der Waals surface area contributed by atoms with Crippen LogP contribution in [0.5, 0.6) is 0 Å². The lowest BCUT2D eigenvalue weighted by molar-refractivity contribution is -0.385. The Balaban J connectivity index is 2.01. The fraction of sp³-hybridized carbons (Fsp3) is 0.182. The number of aromatic amines is 1. The third-order valence-electron chi connectivity index (χ3n) is 2.40. The molecule has 0 saturated carbocycles. The van der Waals surface area contributed by atoms with E-state index in [0.717, 1.165) is 5.82 Å². The zero-order chi connectivity index (χ0) is 13.7. The molecule has 2 aromatic heterocycles. The average Bonchev–Trinajstić information content (AvgIpc) is 2.91. The zero-order valence-corrected chi connectivity index (χ0v) is 9.83. The lowest BCUT2D eigenvalue weighted by Crippen LogP contribution is -2.08. The minimum Gasteiger partial charge on any atom is -0.370 e. The van der Waals surface area contributed by atoms with Crippen molar-refractivity contribution >= 4 is 11.5 Å². The molecule has 0 bridgehead atoms. The Kier molecular flexibility index (Phi) is 3.68. The van der Waals surface area contributed by atoms with Gasteiger partial charge in [0, 0.05) is 31.4 Å². The van der Waals surface area contributed by atoms with Gasteiger partial charge in [-0.15, -0.1) is 0 Å². The second-order valence-electron chi connectivity index (χ2n) is 3.65. The molecule has 2 aromatic rings. The number of hydrogen-bond acceptors (Lipinski definition) is 6. The Hall–Kier alpha value is -2.95. The van der Waals surface area contributed by atoms with E-state index >= 15 is 0 Å². The van der Waals surface area contributed by atoms with Crippen LogP contribution in [0.25, 0.3) is 0 Å². The molecule has 0 atom stereocenters. The normalized spacial score (nSPS) is 9.84. The van der Waals surface area contributed by atoms with Crippen LogP contribution in [0.3, 0.4) is 0 Å². The van der Waals surface area contributed by atoms with Crippen molar-refractivity contribution < 1.29 is 4.92 Å². The molecule has 0 unspecified atom stereocenters. The molecule has 0 spiro atoms. The molecule has 2 N–H and O–H groups in total. The molecule has 0 fully saturated rings. The highest BCUT2D eigenvalue weighted by Crippen LogP contribution is 2.17. The van der Waals surface area contributed by atoms with Gasteiger partial charge in [0.05, 0.1) is 4.92 Å². The van der Waals surface area contributed by atoms with E-state index < -0.39 is 4.92 Å². The van der Waals surface area contributed by atoms with Crippen molar-refractivity contribution in [2.24, 2.45) is 0 Å². The van der Waals surface area contributed by atoms with Gasteiger partial charge in [-0.05, 0) is 6.07 Å². The van der Waals surface area contributed by atoms with Crippen molar-refractivity contribution in [2.75, 3.05) is 11.9 Å². The molecular weight excluding hydrogens is 248 g/mol. The molecule has 19 heavy (non-hydrogen) atoms. The Bertz CT molecular complexity index is 617. The number of aromatic nitrogens is 3. The molecule has 0 aliphatic rings. The van der Waals surface area contributed by atoms with Crippen LogP contribution in [-0.2, 0) is 6.42 Å². The first-order valence-electron chi connectivity index (χ1n) is 5.48. The maximum absolute atomic E-state index is 10.6. The van der Waals surface area contributed by atoms with E-state index in [1.54, 1.807) is 18.5 Å². The monoisotopic (exact) mass is 258 g/mol. The zero-order valence-electron chi connectivity index (χ0n) is 9.83. The van der Waals surface area contributed by atoms with Crippen LogP contribution >= 0.6 is 0 Å². The first-order valence-corrected chi connectivity index (χ1v) is 5.48. The lowest BCUT2D eigenvalue weighted by Gasteiger charge is -2.04. The first kappa shape index (κ1) is 12.5. The van der Waals surface area contributed by atoms with Gasteiger partial charge in [0.25, 0.3) is 0 Å². The molecule has 2 rings (SSSR count). The Morgan fingerprint density at radius 2 is 2.37 bits per heavy atom. The average molecular weight is 258 g/mol. The summed E-state index contributed by atoms with van der Waals surface area (Å²) in [5, 5.41) is 22.4. The SMILES string of the molecule is N#Cc1nc(NCCc2ncc[nH]2)ccc1[N+](=O)[O-]. The third kappa shape index (κ3) is 3.04. The molecule has 0 aromatic carbocycles. The first-order chi connectivity index (χ1) is 9.20. The summed E-state index contributed by atoms with van der Waals surface area (Å²) < 4.78 is 0. The minimum absolute atomic E-state index is 0.201.